The van der Waals surface area contributed by atoms with E-state index in [1.54, 1.807) is 4.90 Å². The molecule has 1 aromatic heterocycles. The van der Waals surface area contributed by atoms with Crippen LogP contribution >= 0.6 is 0 Å². The average Bonchev–Trinajstić information content (AvgIpc) is 3.34. The number of hydrogen-bond donors (Lipinski definition) is 2. The molecule has 0 aliphatic carbocycles. The summed E-state index contributed by atoms with van der Waals surface area (Å²) in [5, 5.41) is 16.4. The van der Waals surface area contributed by atoms with Crippen LogP contribution in [0.1, 0.15) is 70.4 Å². The molecule has 1 aromatic carbocycles. The molecular formula is C24H35N3O4. The molecule has 1 aliphatic heterocycles. The predicted octanol–water partition coefficient (Wildman–Crippen LogP) is 3.38. The second-order valence-electron chi connectivity index (χ2n) is 9.04. The van der Waals surface area contributed by atoms with Crippen LogP contribution in [0.3, 0.4) is 0 Å². The van der Waals surface area contributed by atoms with Crippen molar-refractivity contribution >= 4 is 12.3 Å². The van der Waals surface area contributed by atoms with Crippen LogP contribution in [0.4, 0.5) is 0 Å². The van der Waals surface area contributed by atoms with Gasteiger partial charge in [-0.25, -0.2) is 0 Å². The fourth-order valence-corrected chi connectivity index (χ4v) is 3.57. The molecule has 0 radical (unpaired) electrons. The first-order valence-corrected chi connectivity index (χ1v) is 10.8. The zero-order valence-corrected chi connectivity index (χ0v) is 19.2. The van der Waals surface area contributed by atoms with Crippen LogP contribution in [0.5, 0.6) is 0 Å². The Kier molecular flexibility index (Phi) is 8.80. The van der Waals surface area contributed by atoms with E-state index >= 15 is 0 Å². The van der Waals surface area contributed by atoms with Crippen molar-refractivity contribution in [1.82, 2.24) is 15.4 Å². The molecule has 170 valence electrons. The summed E-state index contributed by atoms with van der Waals surface area (Å²) < 4.78 is 5.43. The molecule has 1 aliphatic rings. The summed E-state index contributed by atoms with van der Waals surface area (Å²) in [4.78, 5) is 24.3. The minimum Gasteiger partial charge on any atom is -0.391 e. The molecule has 3 unspecified atom stereocenters. The van der Waals surface area contributed by atoms with Gasteiger partial charge in [0.25, 0.3) is 0 Å². The van der Waals surface area contributed by atoms with Crippen LogP contribution in [-0.2, 0) is 21.5 Å². The van der Waals surface area contributed by atoms with Gasteiger partial charge in [-0.15, -0.1) is 0 Å². The van der Waals surface area contributed by atoms with Gasteiger partial charge in [-0.3, -0.25) is 9.59 Å². The van der Waals surface area contributed by atoms with Crippen molar-refractivity contribution in [2.45, 2.75) is 77.5 Å². The predicted molar refractivity (Wildman–Crippen MR) is 119 cm³/mol. The fraction of sp³-hybridized carbons (Fsp3) is 0.542. The number of aliphatic hydroxyl groups is 1. The SMILES string of the molecule is CCC(C(=O)N1CC(O)CC1C)c1cc(C(C)(C)C)no1.O=CNCc1ccccc1. The largest absolute Gasteiger partial charge is 0.391 e. The van der Waals surface area contributed by atoms with Gasteiger partial charge >= 0.3 is 0 Å². The van der Waals surface area contributed by atoms with Gasteiger partial charge in [0.15, 0.2) is 0 Å². The molecule has 2 amide bonds. The van der Waals surface area contributed by atoms with Crippen LogP contribution in [0.25, 0.3) is 0 Å². The number of aliphatic hydroxyl groups excluding tert-OH is 1. The summed E-state index contributed by atoms with van der Waals surface area (Å²) in [5.74, 6) is 0.334. The highest BCUT2D eigenvalue weighted by atomic mass is 16.5. The van der Waals surface area contributed by atoms with Crippen molar-refractivity contribution in [2.24, 2.45) is 0 Å². The van der Waals surface area contributed by atoms with Gasteiger partial charge in [0.1, 0.15) is 5.76 Å². The Morgan fingerprint density at radius 3 is 2.52 bits per heavy atom. The first kappa shape index (κ1) is 24.6. The third-order valence-corrected chi connectivity index (χ3v) is 5.41. The van der Waals surface area contributed by atoms with Crippen LogP contribution in [-0.4, -0.2) is 46.2 Å². The van der Waals surface area contributed by atoms with Gasteiger partial charge in [-0.1, -0.05) is 63.2 Å². The summed E-state index contributed by atoms with van der Waals surface area (Å²) in [7, 11) is 0. The summed E-state index contributed by atoms with van der Waals surface area (Å²) in [5.41, 5.74) is 1.88. The lowest BCUT2D eigenvalue weighted by Gasteiger charge is -2.25. The molecule has 2 aromatic rings. The van der Waals surface area contributed by atoms with Crippen molar-refractivity contribution in [3.8, 4) is 0 Å². The molecule has 2 heterocycles. The highest BCUT2D eigenvalue weighted by Crippen LogP contribution is 2.30. The number of β-amino-alcohol motifs (C(OH)–C–C–N with tert-alkyl or cyclic N) is 1. The molecule has 0 saturated carbocycles. The van der Waals surface area contributed by atoms with Crippen molar-refractivity contribution in [2.75, 3.05) is 6.54 Å². The standard InChI is InChI=1S/C16H26N2O3.C8H9NO/c1-6-12(13-8-14(17-21-13)16(3,4)5)15(20)18-9-11(19)7-10(18)2;10-7-9-6-8-4-2-1-3-5-8/h8,10-12,19H,6-7,9H2,1-5H3;1-5,7H,6H2,(H,9,10). The number of carbonyl (C=O) groups is 2. The number of hydrogen-bond acceptors (Lipinski definition) is 5. The maximum atomic E-state index is 12.7. The lowest BCUT2D eigenvalue weighted by Crippen LogP contribution is -2.37. The second-order valence-corrected chi connectivity index (χ2v) is 9.04. The zero-order valence-electron chi connectivity index (χ0n) is 19.2. The van der Waals surface area contributed by atoms with E-state index in [0.29, 0.717) is 38.1 Å². The molecule has 1 fully saturated rings. The van der Waals surface area contributed by atoms with E-state index < -0.39 is 6.10 Å². The van der Waals surface area contributed by atoms with Gasteiger partial charge in [-0.2, -0.15) is 0 Å². The number of amides is 2. The maximum absolute atomic E-state index is 12.7. The van der Waals surface area contributed by atoms with Gasteiger partial charge < -0.3 is 19.8 Å². The first-order chi connectivity index (χ1) is 14.7. The average molecular weight is 430 g/mol. The third kappa shape index (κ3) is 6.92. The molecular weight excluding hydrogens is 394 g/mol. The highest BCUT2D eigenvalue weighted by molar-refractivity contribution is 5.83. The Labute approximate surface area is 184 Å². The number of benzene rings is 1. The van der Waals surface area contributed by atoms with Crippen molar-refractivity contribution in [3.63, 3.8) is 0 Å². The Bertz CT molecular complexity index is 829. The molecule has 0 bridgehead atoms. The van der Waals surface area contributed by atoms with Crippen LogP contribution in [0.15, 0.2) is 40.9 Å². The van der Waals surface area contributed by atoms with E-state index in [0.717, 1.165) is 11.3 Å². The van der Waals surface area contributed by atoms with Crippen LogP contribution in [0.2, 0.25) is 0 Å². The summed E-state index contributed by atoms with van der Waals surface area (Å²) >= 11 is 0. The number of likely N-dealkylation sites (tertiary alicyclic amines) is 1. The third-order valence-electron chi connectivity index (χ3n) is 5.41. The Balaban J connectivity index is 0.000000285. The lowest BCUT2D eigenvalue weighted by molar-refractivity contribution is -0.134. The minimum atomic E-state index is -0.415. The molecule has 2 N–H and O–H groups in total. The van der Waals surface area contributed by atoms with E-state index in [4.69, 9.17) is 4.52 Å². The Morgan fingerprint density at radius 2 is 2.03 bits per heavy atom. The smallest absolute Gasteiger partial charge is 0.233 e. The molecule has 1 saturated heterocycles. The Morgan fingerprint density at radius 1 is 1.35 bits per heavy atom. The van der Waals surface area contributed by atoms with Gasteiger partial charge in [0, 0.05) is 30.6 Å². The molecule has 31 heavy (non-hydrogen) atoms. The summed E-state index contributed by atoms with van der Waals surface area (Å²) in [6, 6.07) is 11.7. The van der Waals surface area contributed by atoms with Gasteiger partial charge in [0.2, 0.25) is 12.3 Å². The van der Waals surface area contributed by atoms with Gasteiger partial charge in [0.05, 0.1) is 17.7 Å². The molecule has 3 atom stereocenters. The number of nitrogens with zero attached hydrogens (tertiary/aromatic N) is 2. The van der Waals surface area contributed by atoms with Crippen molar-refractivity contribution in [1.29, 1.82) is 0 Å². The van der Waals surface area contributed by atoms with E-state index in [2.05, 4.69) is 31.2 Å². The number of aromatic nitrogens is 1. The quantitative estimate of drug-likeness (QED) is 0.687. The Hall–Kier alpha value is -2.67. The minimum absolute atomic E-state index is 0.0261. The molecule has 7 nitrogen and oxygen atoms in total. The fourth-order valence-electron chi connectivity index (χ4n) is 3.57. The number of carbonyl (C=O) groups excluding carboxylic acids is 2. The lowest BCUT2D eigenvalue weighted by atomic mass is 9.91. The zero-order chi connectivity index (χ0) is 23.0. The maximum Gasteiger partial charge on any atom is 0.233 e. The molecule has 3 rings (SSSR count). The van der Waals surface area contributed by atoms with E-state index in [1.807, 2.05) is 50.2 Å². The van der Waals surface area contributed by atoms with E-state index in [-0.39, 0.29) is 23.3 Å². The first-order valence-electron chi connectivity index (χ1n) is 10.8. The summed E-state index contributed by atoms with van der Waals surface area (Å²) in [6.45, 7) is 11.2. The second kappa shape index (κ2) is 11.1. The van der Waals surface area contributed by atoms with E-state index in [9.17, 15) is 14.7 Å². The molecule has 7 heteroatoms. The van der Waals surface area contributed by atoms with Crippen molar-refractivity contribution < 1.29 is 19.2 Å². The summed E-state index contributed by atoms with van der Waals surface area (Å²) in [6.07, 6.45) is 1.59. The normalized spacial score (nSPS) is 19.4. The highest BCUT2D eigenvalue weighted by Gasteiger charge is 2.36. The van der Waals surface area contributed by atoms with E-state index in [1.165, 1.54) is 0 Å². The number of rotatable bonds is 6. The van der Waals surface area contributed by atoms with Crippen LogP contribution < -0.4 is 5.32 Å². The monoisotopic (exact) mass is 429 g/mol. The van der Waals surface area contributed by atoms with Crippen molar-refractivity contribution in [3.05, 3.63) is 53.4 Å². The molecule has 0 spiro atoms. The van der Waals surface area contributed by atoms with Crippen LogP contribution in [0, 0.1) is 0 Å². The van der Waals surface area contributed by atoms with Gasteiger partial charge in [-0.05, 0) is 25.3 Å². The topological polar surface area (TPSA) is 95.7 Å². The number of nitrogens with one attached hydrogen (secondary N) is 1.